The quantitative estimate of drug-likeness (QED) is 0.141. The first-order chi connectivity index (χ1) is 21.4. The molecule has 3 aromatic carbocycles. The van der Waals surface area contributed by atoms with Gasteiger partial charge in [-0.25, -0.2) is 9.59 Å². The number of halogens is 2. The number of nitrogens with one attached hydrogen (secondary N) is 2. The highest BCUT2D eigenvalue weighted by Gasteiger charge is 2.27. The van der Waals surface area contributed by atoms with Crippen molar-refractivity contribution in [1.82, 2.24) is 9.80 Å². The Morgan fingerprint density at radius 3 is 1.30 bits per heavy atom. The van der Waals surface area contributed by atoms with Crippen LogP contribution in [0.15, 0.2) is 72.8 Å². The number of nitrogens with two attached hydrogens (primary N) is 2. The molecule has 0 radical (unpaired) electrons. The molecular formula is C36H50Cl2N6O2. The van der Waals surface area contributed by atoms with Gasteiger partial charge >= 0.3 is 12.1 Å². The summed E-state index contributed by atoms with van der Waals surface area (Å²) >= 11 is 0. The summed E-state index contributed by atoms with van der Waals surface area (Å²) < 4.78 is 0. The van der Waals surface area contributed by atoms with Crippen LogP contribution in [-0.4, -0.2) is 33.9 Å². The lowest BCUT2D eigenvalue weighted by atomic mass is 10.0. The number of anilines is 4. The molecule has 0 saturated heterocycles. The number of benzene rings is 3. The van der Waals surface area contributed by atoms with Crippen LogP contribution in [0.25, 0.3) is 0 Å². The molecule has 5 rings (SSSR count). The number of hydrogen-bond acceptors (Lipinski definition) is 4. The van der Waals surface area contributed by atoms with Crippen LogP contribution in [0.4, 0.5) is 32.3 Å². The average molecular weight is 670 g/mol. The predicted octanol–water partition coefficient (Wildman–Crippen LogP) is 9.21. The minimum absolute atomic E-state index is 0. The first kappa shape index (κ1) is 36.8. The van der Waals surface area contributed by atoms with Crippen molar-refractivity contribution in [2.24, 2.45) is 0 Å². The van der Waals surface area contributed by atoms with Gasteiger partial charge in [-0.1, -0.05) is 87.8 Å². The summed E-state index contributed by atoms with van der Waals surface area (Å²) in [5, 5.41) is 6.19. The number of nitrogen functional groups attached to an aromatic ring is 2. The van der Waals surface area contributed by atoms with E-state index in [4.69, 9.17) is 11.5 Å². The highest BCUT2D eigenvalue weighted by molar-refractivity contribution is 5.91. The fourth-order valence-corrected chi connectivity index (χ4v) is 6.72. The zero-order valence-electron chi connectivity index (χ0n) is 26.7. The van der Waals surface area contributed by atoms with Crippen molar-refractivity contribution in [2.75, 3.05) is 22.1 Å². The van der Waals surface area contributed by atoms with Crippen molar-refractivity contribution in [1.29, 1.82) is 0 Å². The molecule has 46 heavy (non-hydrogen) atoms. The second-order valence-corrected chi connectivity index (χ2v) is 12.5. The zero-order valence-corrected chi connectivity index (χ0v) is 28.3. The third-order valence-electron chi connectivity index (χ3n) is 9.03. The SMILES string of the molecule is Cl.Cl.Nc1cccc(NC(=O)N(Cc2cccc(CN(C(=O)Nc3cccc(N)c3)C3CCCCCC3)c2)C2CCCCCC2)c1. The van der Waals surface area contributed by atoms with Gasteiger partial charge in [-0.2, -0.15) is 0 Å². The van der Waals surface area contributed by atoms with Crippen molar-refractivity contribution < 1.29 is 9.59 Å². The second-order valence-electron chi connectivity index (χ2n) is 12.5. The molecule has 0 aromatic heterocycles. The van der Waals surface area contributed by atoms with Gasteiger partial charge in [-0.05, 0) is 73.2 Å². The van der Waals surface area contributed by atoms with Crippen LogP contribution < -0.4 is 22.1 Å². The van der Waals surface area contributed by atoms with Gasteiger partial charge in [0.25, 0.3) is 0 Å². The van der Waals surface area contributed by atoms with E-state index in [1.807, 2.05) is 52.3 Å². The standard InChI is InChI=1S/C36H48N6O2.2ClH/c37-29-14-10-16-31(23-29)39-35(43)41(33-18-5-1-2-6-19-33)25-27-12-9-13-28(22-27)26-42(34-20-7-3-4-8-21-34)36(44)40-32-17-11-15-30(38)24-32;;/h9-17,22-24,33-34H,1-8,18-21,25-26,37-38H2,(H,39,43)(H,40,44);2*1H. The lowest BCUT2D eigenvalue weighted by Crippen LogP contribution is -2.43. The normalized spacial score (nSPS) is 15.7. The van der Waals surface area contributed by atoms with Crippen molar-refractivity contribution in [3.05, 3.63) is 83.9 Å². The summed E-state index contributed by atoms with van der Waals surface area (Å²) in [7, 11) is 0. The minimum Gasteiger partial charge on any atom is -0.399 e. The van der Waals surface area contributed by atoms with Crippen LogP contribution in [0, 0.1) is 0 Å². The van der Waals surface area contributed by atoms with Crippen LogP contribution >= 0.6 is 24.8 Å². The number of carbonyl (C=O) groups excluding carboxylic acids is 2. The monoisotopic (exact) mass is 668 g/mol. The molecule has 3 aromatic rings. The van der Waals surface area contributed by atoms with Crippen LogP contribution in [0.1, 0.15) is 88.2 Å². The molecule has 0 heterocycles. The van der Waals surface area contributed by atoms with E-state index in [0.29, 0.717) is 35.8 Å². The Morgan fingerprint density at radius 2 is 0.935 bits per heavy atom. The third-order valence-corrected chi connectivity index (χ3v) is 9.03. The Hall–Kier alpha value is -3.62. The molecule has 0 spiro atoms. The van der Waals surface area contributed by atoms with Crippen LogP contribution in [0.5, 0.6) is 0 Å². The smallest absolute Gasteiger partial charge is 0.322 e. The second kappa shape index (κ2) is 18.5. The summed E-state index contributed by atoms with van der Waals surface area (Å²) in [6, 6.07) is 23.2. The molecule has 2 fully saturated rings. The largest absolute Gasteiger partial charge is 0.399 e. The maximum absolute atomic E-state index is 13.7. The number of hydrogen-bond donors (Lipinski definition) is 4. The van der Waals surface area contributed by atoms with Gasteiger partial charge in [0.05, 0.1) is 0 Å². The van der Waals surface area contributed by atoms with Gasteiger partial charge < -0.3 is 31.9 Å². The number of nitrogens with zero attached hydrogens (tertiary/aromatic N) is 2. The molecule has 0 unspecified atom stereocenters. The van der Waals surface area contributed by atoms with Gasteiger partial charge in [-0.15, -0.1) is 24.8 Å². The number of amides is 4. The molecule has 6 N–H and O–H groups in total. The first-order valence-corrected chi connectivity index (χ1v) is 16.4. The Kier molecular flexibility index (Phi) is 14.8. The van der Waals surface area contributed by atoms with Crippen molar-refractivity contribution in [3.63, 3.8) is 0 Å². The van der Waals surface area contributed by atoms with Crippen molar-refractivity contribution >= 4 is 59.6 Å². The fraction of sp³-hybridized carbons (Fsp3) is 0.444. The van der Waals surface area contributed by atoms with Gasteiger partial charge in [0.15, 0.2) is 0 Å². The molecule has 2 aliphatic rings. The van der Waals surface area contributed by atoms with Crippen molar-refractivity contribution in [2.45, 2.75) is 102 Å². The summed E-state index contributed by atoms with van der Waals surface area (Å²) in [4.78, 5) is 31.5. The maximum atomic E-state index is 13.7. The van der Waals surface area contributed by atoms with Gasteiger partial charge in [-0.3, -0.25) is 0 Å². The lowest BCUT2D eigenvalue weighted by Gasteiger charge is -2.33. The van der Waals surface area contributed by atoms with Crippen molar-refractivity contribution in [3.8, 4) is 0 Å². The van der Waals surface area contributed by atoms with E-state index >= 15 is 0 Å². The molecular weight excluding hydrogens is 619 g/mol. The maximum Gasteiger partial charge on any atom is 0.322 e. The average Bonchev–Trinajstić information content (AvgIpc) is 3.45. The van der Waals surface area contributed by atoms with Crippen LogP contribution in [0.3, 0.4) is 0 Å². The highest BCUT2D eigenvalue weighted by Crippen LogP contribution is 2.27. The van der Waals surface area contributed by atoms with E-state index in [1.165, 1.54) is 25.7 Å². The molecule has 4 amide bonds. The molecule has 0 atom stereocenters. The van der Waals surface area contributed by atoms with E-state index in [2.05, 4.69) is 28.8 Å². The van der Waals surface area contributed by atoms with E-state index in [-0.39, 0.29) is 49.0 Å². The van der Waals surface area contributed by atoms with E-state index in [9.17, 15) is 9.59 Å². The molecule has 10 heteroatoms. The molecule has 250 valence electrons. The summed E-state index contributed by atoms with van der Waals surface area (Å²) in [5.74, 6) is 0. The highest BCUT2D eigenvalue weighted by atomic mass is 35.5. The van der Waals surface area contributed by atoms with E-state index < -0.39 is 0 Å². The van der Waals surface area contributed by atoms with Crippen LogP contribution in [0.2, 0.25) is 0 Å². The first-order valence-electron chi connectivity index (χ1n) is 16.4. The Balaban J connectivity index is 0.00000288. The van der Waals surface area contributed by atoms with E-state index in [0.717, 1.165) is 62.5 Å². The Morgan fingerprint density at radius 1 is 0.565 bits per heavy atom. The molecule has 2 saturated carbocycles. The molecule has 0 bridgehead atoms. The van der Waals surface area contributed by atoms with Gasteiger partial charge in [0, 0.05) is 47.9 Å². The Bertz CT molecular complexity index is 1290. The fourth-order valence-electron chi connectivity index (χ4n) is 6.72. The molecule has 8 nitrogen and oxygen atoms in total. The number of rotatable bonds is 8. The predicted molar refractivity (Wildman–Crippen MR) is 195 cm³/mol. The lowest BCUT2D eigenvalue weighted by molar-refractivity contribution is 0.174. The zero-order chi connectivity index (χ0) is 30.7. The summed E-state index contributed by atoms with van der Waals surface area (Å²) in [6.07, 6.45) is 13.4. The number of urea groups is 2. The topological polar surface area (TPSA) is 117 Å². The van der Waals surface area contributed by atoms with Gasteiger partial charge in [0.2, 0.25) is 0 Å². The molecule has 2 aliphatic carbocycles. The number of carbonyl (C=O) groups is 2. The summed E-state index contributed by atoms with van der Waals surface area (Å²) in [6.45, 7) is 1.01. The summed E-state index contributed by atoms with van der Waals surface area (Å²) in [5.41, 5.74) is 16.7. The van der Waals surface area contributed by atoms with Crippen LogP contribution in [-0.2, 0) is 13.1 Å². The third kappa shape index (κ3) is 10.7. The minimum atomic E-state index is -0.102. The van der Waals surface area contributed by atoms with E-state index in [1.54, 1.807) is 12.1 Å². The van der Waals surface area contributed by atoms with Gasteiger partial charge in [0.1, 0.15) is 0 Å². The molecule has 0 aliphatic heterocycles. The Labute approximate surface area is 286 Å².